The number of piperidine rings is 1. The lowest BCUT2D eigenvalue weighted by Gasteiger charge is -2.42. The lowest BCUT2D eigenvalue weighted by atomic mass is 9.91. The predicted octanol–water partition coefficient (Wildman–Crippen LogP) is 1.22. The molecule has 6 nitrogen and oxygen atoms in total. The average molecular weight is 386 g/mol. The van der Waals surface area contributed by atoms with E-state index in [0.29, 0.717) is 32.6 Å². The van der Waals surface area contributed by atoms with Gasteiger partial charge in [-0.25, -0.2) is 0 Å². The van der Waals surface area contributed by atoms with Crippen LogP contribution >= 0.6 is 0 Å². The van der Waals surface area contributed by atoms with Crippen LogP contribution in [0.1, 0.15) is 30.4 Å². The topological polar surface area (TPSA) is 64.1 Å². The molecule has 6 heteroatoms. The van der Waals surface area contributed by atoms with Crippen molar-refractivity contribution in [2.45, 2.75) is 31.8 Å². The van der Waals surface area contributed by atoms with Crippen molar-refractivity contribution in [1.82, 2.24) is 14.7 Å². The first-order valence-corrected chi connectivity index (χ1v) is 10.4. The normalized spacial score (nSPS) is 27.1. The minimum Gasteiger partial charge on any atom is -0.383 e. The molecule has 3 saturated heterocycles. The second-order valence-corrected chi connectivity index (χ2v) is 8.93. The van der Waals surface area contributed by atoms with Crippen LogP contribution in [0.3, 0.4) is 0 Å². The van der Waals surface area contributed by atoms with Crippen LogP contribution in [0.15, 0.2) is 24.3 Å². The average Bonchev–Trinajstić information content (AvgIpc) is 3.05. The van der Waals surface area contributed by atoms with Gasteiger partial charge in [-0.3, -0.25) is 9.59 Å². The van der Waals surface area contributed by atoms with Crippen LogP contribution in [0.4, 0.5) is 0 Å². The van der Waals surface area contributed by atoms with E-state index in [-0.39, 0.29) is 23.7 Å². The third-order valence-electron chi connectivity index (χ3n) is 6.76. The highest BCUT2D eigenvalue weighted by atomic mass is 16.3. The van der Waals surface area contributed by atoms with Crippen molar-refractivity contribution in [3.63, 3.8) is 0 Å². The van der Waals surface area contributed by atoms with Gasteiger partial charge in [0, 0.05) is 25.6 Å². The van der Waals surface area contributed by atoms with Crippen molar-refractivity contribution in [2.75, 3.05) is 46.3 Å². The van der Waals surface area contributed by atoms with Gasteiger partial charge in [-0.1, -0.05) is 29.8 Å². The van der Waals surface area contributed by atoms with Crippen LogP contribution < -0.4 is 0 Å². The molecule has 28 heavy (non-hydrogen) atoms. The molecule has 4 rings (SSSR count). The number of benzene rings is 1. The fourth-order valence-corrected chi connectivity index (χ4v) is 4.67. The van der Waals surface area contributed by atoms with Crippen LogP contribution in [-0.4, -0.2) is 77.9 Å². The lowest BCUT2D eigenvalue weighted by molar-refractivity contribution is -0.151. The van der Waals surface area contributed by atoms with E-state index >= 15 is 0 Å². The molecule has 0 unspecified atom stereocenters. The highest BCUT2D eigenvalue weighted by molar-refractivity contribution is 5.85. The zero-order chi connectivity index (χ0) is 19.9. The van der Waals surface area contributed by atoms with E-state index in [1.165, 1.54) is 0 Å². The quantitative estimate of drug-likeness (QED) is 0.850. The first-order valence-electron chi connectivity index (χ1n) is 10.4. The molecule has 0 aromatic heterocycles. The summed E-state index contributed by atoms with van der Waals surface area (Å²) in [6, 6.07) is 7.90. The highest BCUT2D eigenvalue weighted by Crippen LogP contribution is 2.34. The monoisotopic (exact) mass is 385 g/mol. The summed E-state index contributed by atoms with van der Waals surface area (Å²) in [7, 11) is 2.09. The number of hydrogen-bond acceptors (Lipinski definition) is 4. The number of aryl methyl sites for hydroxylation is 1. The number of likely N-dealkylation sites (tertiary alicyclic amines) is 3. The Hall–Kier alpha value is -1.92. The number of amides is 2. The van der Waals surface area contributed by atoms with Crippen molar-refractivity contribution >= 4 is 11.8 Å². The molecule has 3 aliphatic heterocycles. The molecule has 0 aliphatic carbocycles. The van der Waals surface area contributed by atoms with Gasteiger partial charge >= 0.3 is 0 Å². The Bertz CT molecular complexity index is 736. The fraction of sp³-hybridized carbons (Fsp3) is 0.636. The van der Waals surface area contributed by atoms with Gasteiger partial charge < -0.3 is 19.8 Å². The Kier molecular flexibility index (Phi) is 5.19. The Labute approximate surface area is 167 Å². The molecule has 1 atom stereocenters. The van der Waals surface area contributed by atoms with Gasteiger partial charge in [0.2, 0.25) is 11.8 Å². The van der Waals surface area contributed by atoms with Gasteiger partial charge in [-0.05, 0) is 51.9 Å². The molecular formula is C22H31N3O3. The van der Waals surface area contributed by atoms with Gasteiger partial charge in [-0.15, -0.1) is 0 Å². The second kappa shape index (κ2) is 7.48. The molecule has 0 saturated carbocycles. The SMILES string of the molecule is Cc1ccc([C@]2(O)CCN(C(=O)C3CN(C(=O)C4CCN(C)CC4)C3)C2)cc1. The largest absolute Gasteiger partial charge is 0.383 e. The Morgan fingerprint density at radius 3 is 2.21 bits per heavy atom. The molecule has 152 valence electrons. The number of aliphatic hydroxyl groups is 1. The van der Waals surface area contributed by atoms with Gasteiger partial charge in [0.1, 0.15) is 5.60 Å². The van der Waals surface area contributed by atoms with Crippen molar-refractivity contribution in [3.05, 3.63) is 35.4 Å². The van der Waals surface area contributed by atoms with Crippen LogP contribution in [0.25, 0.3) is 0 Å². The van der Waals surface area contributed by atoms with E-state index in [4.69, 9.17) is 0 Å². The van der Waals surface area contributed by atoms with Crippen molar-refractivity contribution in [3.8, 4) is 0 Å². The third-order valence-corrected chi connectivity index (χ3v) is 6.76. The smallest absolute Gasteiger partial charge is 0.229 e. The molecule has 0 spiro atoms. The molecule has 2 amide bonds. The maximum absolute atomic E-state index is 12.9. The Morgan fingerprint density at radius 1 is 0.964 bits per heavy atom. The molecule has 1 aromatic carbocycles. The summed E-state index contributed by atoms with van der Waals surface area (Å²) in [4.78, 5) is 31.4. The molecule has 0 radical (unpaired) electrons. The minimum absolute atomic E-state index is 0.0791. The van der Waals surface area contributed by atoms with Crippen LogP contribution in [0.5, 0.6) is 0 Å². The highest BCUT2D eigenvalue weighted by Gasteiger charge is 2.45. The standard InChI is InChI=1S/C22H31N3O3/c1-16-3-5-19(6-4-16)22(28)9-12-24(15-22)21(27)18-13-25(14-18)20(26)17-7-10-23(2)11-8-17/h3-6,17-18,28H,7-15H2,1-2H3/t22-/m0/s1. The lowest BCUT2D eigenvalue weighted by Crippen LogP contribution is -2.58. The fourth-order valence-electron chi connectivity index (χ4n) is 4.67. The number of carbonyl (C=O) groups is 2. The van der Waals surface area contributed by atoms with Crippen LogP contribution in [0.2, 0.25) is 0 Å². The number of β-amino-alcohol motifs (C(OH)–C–C–N with tert-alkyl or cyclic N) is 1. The van der Waals surface area contributed by atoms with Gasteiger partial charge in [0.15, 0.2) is 0 Å². The summed E-state index contributed by atoms with van der Waals surface area (Å²) < 4.78 is 0. The third kappa shape index (κ3) is 3.67. The minimum atomic E-state index is -0.962. The molecule has 3 aliphatic rings. The first-order chi connectivity index (χ1) is 13.4. The van der Waals surface area contributed by atoms with Gasteiger partial charge in [0.25, 0.3) is 0 Å². The summed E-state index contributed by atoms with van der Waals surface area (Å²) in [5.41, 5.74) is 1.07. The summed E-state index contributed by atoms with van der Waals surface area (Å²) in [6.45, 7) is 5.94. The first kappa shape index (κ1) is 19.4. The maximum atomic E-state index is 12.9. The van der Waals surface area contributed by atoms with Crippen LogP contribution in [0, 0.1) is 18.8 Å². The van der Waals surface area contributed by atoms with Gasteiger partial charge in [-0.2, -0.15) is 0 Å². The van der Waals surface area contributed by atoms with Gasteiger partial charge in [0.05, 0.1) is 12.5 Å². The summed E-state index contributed by atoms with van der Waals surface area (Å²) in [5, 5.41) is 11.0. The van der Waals surface area contributed by atoms with E-state index < -0.39 is 5.60 Å². The number of nitrogens with zero attached hydrogens (tertiary/aromatic N) is 3. The van der Waals surface area contributed by atoms with E-state index in [1.54, 1.807) is 4.90 Å². The van der Waals surface area contributed by atoms with E-state index in [9.17, 15) is 14.7 Å². The maximum Gasteiger partial charge on any atom is 0.229 e. The summed E-state index contributed by atoms with van der Waals surface area (Å²) >= 11 is 0. The van der Waals surface area contributed by atoms with Crippen LogP contribution in [-0.2, 0) is 15.2 Å². The molecule has 3 fully saturated rings. The molecular weight excluding hydrogens is 354 g/mol. The molecule has 1 N–H and O–H groups in total. The van der Waals surface area contributed by atoms with Crippen molar-refractivity contribution < 1.29 is 14.7 Å². The van der Waals surface area contributed by atoms with E-state index in [1.807, 2.05) is 36.1 Å². The molecule has 3 heterocycles. The predicted molar refractivity (Wildman–Crippen MR) is 107 cm³/mol. The molecule has 0 bridgehead atoms. The van der Waals surface area contributed by atoms with E-state index in [2.05, 4.69) is 11.9 Å². The molecule has 1 aromatic rings. The number of carbonyl (C=O) groups excluding carboxylic acids is 2. The van der Waals surface area contributed by atoms with E-state index in [0.717, 1.165) is 37.1 Å². The second-order valence-electron chi connectivity index (χ2n) is 8.93. The Balaban J connectivity index is 1.29. The van der Waals surface area contributed by atoms with Crippen molar-refractivity contribution in [1.29, 1.82) is 0 Å². The number of hydrogen-bond donors (Lipinski definition) is 1. The van der Waals surface area contributed by atoms with Crippen molar-refractivity contribution in [2.24, 2.45) is 11.8 Å². The summed E-state index contributed by atoms with van der Waals surface area (Å²) in [6.07, 6.45) is 2.40. The summed E-state index contributed by atoms with van der Waals surface area (Å²) in [5.74, 6) is 0.298. The number of rotatable bonds is 3. The zero-order valence-electron chi connectivity index (χ0n) is 16.9. The Morgan fingerprint density at radius 2 is 1.57 bits per heavy atom. The zero-order valence-corrected chi connectivity index (χ0v) is 16.9.